The van der Waals surface area contributed by atoms with E-state index < -0.39 is 30.5 Å². The summed E-state index contributed by atoms with van der Waals surface area (Å²) in [6, 6.07) is 8.34. The largest absolute Gasteiger partial charge is 0.504 e. The molecule has 10 nitrogen and oxygen atoms in total. The van der Waals surface area contributed by atoms with Crippen LogP contribution in [0.3, 0.4) is 0 Å². The van der Waals surface area contributed by atoms with Gasteiger partial charge in [-0.25, -0.2) is 0 Å². The first-order valence-corrected chi connectivity index (χ1v) is 11.4. The number of phenolic OH excluding ortho intramolecular Hbond substituents is 2. The zero-order chi connectivity index (χ0) is 25.3. The van der Waals surface area contributed by atoms with Crippen LogP contribution < -0.4 is 9.47 Å². The van der Waals surface area contributed by atoms with Crippen LogP contribution in [-0.4, -0.2) is 89.3 Å². The Morgan fingerprint density at radius 1 is 0.943 bits per heavy atom. The Morgan fingerprint density at radius 3 is 2.34 bits per heavy atom. The molecule has 7 atom stereocenters. The van der Waals surface area contributed by atoms with E-state index in [1.807, 2.05) is 0 Å². The minimum absolute atomic E-state index is 0.0253. The number of benzene rings is 2. The van der Waals surface area contributed by atoms with Crippen LogP contribution in [0, 0.1) is 11.8 Å². The first-order valence-electron chi connectivity index (χ1n) is 11.4. The van der Waals surface area contributed by atoms with E-state index in [-0.39, 0.29) is 48.9 Å². The summed E-state index contributed by atoms with van der Waals surface area (Å²) in [6.45, 7) is -0.306. The number of aromatic hydroxyl groups is 2. The lowest BCUT2D eigenvalue weighted by Gasteiger charge is -2.41. The Kier molecular flexibility index (Phi) is 7.70. The highest BCUT2D eigenvalue weighted by molar-refractivity contribution is 5.53. The van der Waals surface area contributed by atoms with Gasteiger partial charge >= 0.3 is 0 Å². The molecule has 0 aromatic heterocycles. The average molecular weight is 493 g/mol. The quantitative estimate of drug-likeness (QED) is 0.321. The summed E-state index contributed by atoms with van der Waals surface area (Å²) in [5, 5.41) is 60.9. The SMILES string of the molecule is COc1cc(C2c3cc(O)c(OC)cc3C[C@@H](CO)[C@@H]2CO[C@@H]2OC[C@@H](O)[C@H](O)[C@@H]2O)ccc1O. The molecule has 1 saturated heterocycles. The maximum absolute atomic E-state index is 10.5. The second kappa shape index (κ2) is 10.6. The van der Waals surface area contributed by atoms with Crippen LogP contribution in [-0.2, 0) is 15.9 Å². The third-order valence-electron chi connectivity index (χ3n) is 7.00. The third kappa shape index (κ3) is 4.90. The Labute approximate surface area is 202 Å². The minimum Gasteiger partial charge on any atom is -0.504 e. The molecule has 2 aliphatic rings. The molecule has 4 rings (SSSR count). The van der Waals surface area contributed by atoms with Gasteiger partial charge in [0, 0.05) is 12.5 Å². The van der Waals surface area contributed by atoms with Gasteiger partial charge in [0.25, 0.3) is 0 Å². The fourth-order valence-electron chi connectivity index (χ4n) is 5.07. The number of hydrogen-bond acceptors (Lipinski definition) is 10. The van der Waals surface area contributed by atoms with Gasteiger partial charge in [0.15, 0.2) is 29.3 Å². The number of aliphatic hydroxyl groups is 4. The number of rotatable bonds is 7. The number of phenols is 2. The lowest BCUT2D eigenvalue weighted by atomic mass is 9.67. The van der Waals surface area contributed by atoms with Crippen LogP contribution in [0.5, 0.6) is 23.0 Å². The van der Waals surface area contributed by atoms with E-state index in [1.54, 1.807) is 24.3 Å². The van der Waals surface area contributed by atoms with Gasteiger partial charge in [-0.1, -0.05) is 6.07 Å². The van der Waals surface area contributed by atoms with Crippen molar-refractivity contribution in [2.24, 2.45) is 11.8 Å². The highest BCUT2D eigenvalue weighted by Gasteiger charge is 2.42. The van der Waals surface area contributed by atoms with Crippen molar-refractivity contribution in [1.29, 1.82) is 0 Å². The molecule has 10 heteroatoms. The number of hydrogen-bond donors (Lipinski definition) is 6. The zero-order valence-electron chi connectivity index (χ0n) is 19.6. The molecule has 1 fully saturated rings. The highest BCUT2D eigenvalue weighted by atomic mass is 16.7. The van der Waals surface area contributed by atoms with E-state index in [0.29, 0.717) is 12.2 Å². The molecule has 2 aromatic carbocycles. The Bertz CT molecular complexity index is 1030. The van der Waals surface area contributed by atoms with Gasteiger partial charge in [-0.15, -0.1) is 0 Å². The van der Waals surface area contributed by atoms with Gasteiger partial charge in [-0.05, 0) is 59.2 Å². The molecule has 1 heterocycles. The Balaban J connectivity index is 1.73. The molecule has 1 aliphatic carbocycles. The molecule has 2 aromatic rings. The first-order chi connectivity index (χ1) is 16.8. The number of aliphatic hydroxyl groups excluding tert-OH is 4. The van der Waals surface area contributed by atoms with Crippen LogP contribution in [0.25, 0.3) is 0 Å². The second-order valence-corrected chi connectivity index (χ2v) is 9.03. The van der Waals surface area contributed by atoms with Crippen LogP contribution in [0.2, 0.25) is 0 Å². The lowest BCUT2D eigenvalue weighted by molar-refractivity contribution is -0.274. The van der Waals surface area contributed by atoms with Crippen molar-refractivity contribution < 1.29 is 49.6 Å². The molecule has 1 unspecified atom stereocenters. The number of fused-ring (bicyclic) bond motifs is 1. The third-order valence-corrected chi connectivity index (χ3v) is 7.00. The van der Waals surface area contributed by atoms with Crippen LogP contribution in [0.4, 0.5) is 0 Å². The predicted octanol–water partition coefficient (Wildman–Crippen LogP) is 0.483. The first kappa shape index (κ1) is 25.5. The van der Waals surface area contributed by atoms with Crippen molar-refractivity contribution in [1.82, 2.24) is 0 Å². The summed E-state index contributed by atoms with van der Waals surface area (Å²) in [7, 11) is 2.91. The van der Waals surface area contributed by atoms with Gasteiger partial charge in [-0.3, -0.25) is 0 Å². The van der Waals surface area contributed by atoms with Crippen LogP contribution in [0.15, 0.2) is 30.3 Å². The molecule has 6 N–H and O–H groups in total. The van der Waals surface area contributed by atoms with E-state index >= 15 is 0 Å². The maximum atomic E-state index is 10.5. The summed E-state index contributed by atoms with van der Waals surface area (Å²) in [4.78, 5) is 0. The normalized spacial score (nSPS) is 30.5. The summed E-state index contributed by atoms with van der Waals surface area (Å²) in [6.07, 6.45) is -4.74. The van der Waals surface area contributed by atoms with E-state index in [9.17, 15) is 30.6 Å². The molecular formula is C25H32O10. The number of methoxy groups -OCH3 is 2. The molecule has 0 radical (unpaired) electrons. The fraction of sp³-hybridized carbons (Fsp3) is 0.520. The van der Waals surface area contributed by atoms with Gasteiger partial charge in [0.2, 0.25) is 0 Å². The second-order valence-electron chi connectivity index (χ2n) is 9.03. The van der Waals surface area contributed by atoms with Gasteiger partial charge in [0.1, 0.15) is 18.3 Å². The van der Waals surface area contributed by atoms with Gasteiger partial charge in [0.05, 0.1) is 27.4 Å². The molecule has 1 aliphatic heterocycles. The lowest BCUT2D eigenvalue weighted by Crippen LogP contribution is -2.54. The highest BCUT2D eigenvalue weighted by Crippen LogP contribution is 2.48. The topological polar surface area (TPSA) is 158 Å². The molecule has 0 saturated carbocycles. The summed E-state index contributed by atoms with van der Waals surface area (Å²) in [5.74, 6) is -0.459. The Morgan fingerprint density at radius 2 is 1.66 bits per heavy atom. The molecule has 0 bridgehead atoms. The molecular weight excluding hydrogens is 460 g/mol. The summed E-state index contributed by atoms with van der Waals surface area (Å²) in [5.41, 5.74) is 2.45. The van der Waals surface area contributed by atoms with Crippen molar-refractivity contribution in [3.63, 3.8) is 0 Å². The van der Waals surface area contributed by atoms with Gasteiger partial charge in [-0.2, -0.15) is 0 Å². The van der Waals surface area contributed by atoms with Crippen molar-refractivity contribution in [2.75, 3.05) is 34.0 Å². The van der Waals surface area contributed by atoms with Crippen LogP contribution >= 0.6 is 0 Å². The van der Waals surface area contributed by atoms with E-state index in [1.165, 1.54) is 20.3 Å². The van der Waals surface area contributed by atoms with Crippen molar-refractivity contribution in [2.45, 2.75) is 36.9 Å². The van der Waals surface area contributed by atoms with Crippen LogP contribution in [0.1, 0.15) is 22.6 Å². The van der Waals surface area contributed by atoms with E-state index in [2.05, 4.69) is 0 Å². The minimum atomic E-state index is -1.44. The standard InChI is InChI=1S/C25H32O10/c1-32-20-6-12(3-4-17(20)27)22-15-8-18(28)21(33-2)7-13(15)5-14(9-26)16(22)10-34-25-24(31)23(30)19(29)11-35-25/h3-4,6-8,14,16,19,22-31H,5,9-11H2,1-2H3/t14-,16-,19+,22?,23-,24-,25+/m0/s1. The number of ether oxygens (including phenoxy) is 4. The zero-order valence-corrected chi connectivity index (χ0v) is 19.6. The van der Waals surface area contributed by atoms with E-state index in [4.69, 9.17) is 18.9 Å². The van der Waals surface area contributed by atoms with Crippen molar-refractivity contribution >= 4 is 0 Å². The van der Waals surface area contributed by atoms with Crippen molar-refractivity contribution in [3.05, 3.63) is 47.0 Å². The molecule has 35 heavy (non-hydrogen) atoms. The average Bonchev–Trinajstić information content (AvgIpc) is 2.86. The maximum Gasteiger partial charge on any atom is 0.186 e. The summed E-state index contributed by atoms with van der Waals surface area (Å²) < 4.78 is 21.9. The predicted molar refractivity (Wildman–Crippen MR) is 123 cm³/mol. The van der Waals surface area contributed by atoms with E-state index in [0.717, 1.165) is 16.7 Å². The Hall–Kier alpha value is -2.60. The molecule has 192 valence electrons. The fourth-order valence-corrected chi connectivity index (χ4v) is 5.07. The summed E-state index contributed by atoms with van der Waals surface area (Å²) >= 11 is 0. The van der Waals surface area contributed by atoms with Gasteiger partial charge < -0.3 is 49.6 Å². The monoisotopic (exact) mass is 492 g/mol. The molecule has 0 amide bonds. The van der Waals surface area contributed by atoms with Crippen molar-refractivity contribution in [3.8, 4) is 23.0 Å². The molecule has 0 spiro atoms. The smallest absolute Gasteiger partial charge is 0.186 e.